The summed E-state index contributed by atoms with van der Waals surface area (Å²) in [5, 5.41) is 0. The summed E-state index contributed by atoms with van der Waals surface area (Å²) < 4.78 is 10.8. The Morgan fingerprint density at radius 3 is 3.00 bits per heavy atom. The SMILES string of the molecule is CC/C=C/c1ccccc1OCC1CO1. The zero-order chi connectivity index (χ0) is 10.5. The van der Waals surface area contributed by atoms with E-state index in [1.807, 2.05) is 18.2 Å². The molecule has 0 aliphatic carbocycles. The molecular formula is C13H16O2. The highest BCUT2D eigenvalue weighted by molar-refractivity contribution is 5.56. The van der Waals surface area contributed by atoms with E-state index >= 15 is 0 Å². The van der Waals surface area contributed by atoms with Crippen LogP contribution < -0.4 is 4.74 Å². The number of benzene rings is 1. The van der Waals surface area contributed by atoms with Crippen molar-refractivity contribution in [2.45, 2.75) is 19.4 Å². The number of allylic oxidation sites excluding steroid dienone is 1. The number of epoxide rings is 1. The Bertz CT molecular complexity index is 340. The van der Waals surface area contributed by atoms with Crippen LogP contribution in [0.15, 0.2) is 30.3 Å². The maximum absolute atomic E-state index is 5.68. The van der Waals surface area contributed by atoms with Crippen LogP contribution in [-0.2, 0) is 4.74 Å². The summed E-state index contributed by atoms with van der Waals surface area (Å²) in [5.41, 5.74) is 1.14. The zero-order valence-electron chi connectivity index (χ0n) is 8.98. The Hall–Kier alpha value is -1.28. The van der Waals surface area contributed by atoms with Crippen LogP contribution in [0.1, 0.15) is 18.9 Å². The number of rotatable bonds is 5. The molecule has 0 saturated carbocycles. The topological polar surface area (TPSA) is 21.8 Å². The van der Waals surface area contributed by atoms with Gasteiger partial charge >= 0.3 is 0 Å². The lowest BCUT2D eigenvalue weighted by Crippen LogP contribution is -2.04. The molecule has 1 atom stereocenters. The number of hydrogen-bond donors (Lipinski definition) is 0. The summed E-state index contributed by atoms with van der Waals surface area (Å²) in [5.74, 6) is 0.942. The Morgan fingerprint density at radius 1 is 1.47 bits per heavy atom. The monoisotopic (exact) mass is 204 g/mol. The van der Waals surface area contributed by atoms with Crippen molar-refractivity contribution in [1.82, 2.24) is 0 Å². The van der Waals surface area contributed by atoms with Gasteiger partial charge in [0, 0.05) is 5.56 Å². The molecule has 1 aliphatic rings. The molecule has 0 spiro atoms. The molecule has 1 aliphatic heterocycles. The van der Waals surface area contributed by atoms with E-state index in [1.54, 1.807) is 0 Å². The van der Waals surface area contributed by atoms with Crippen molar-refractivity contribution in [2.24, 2.45) is 0 Å². The van der Waals surface area contributed by atoms with Crippen molar-refractivity contribution >= 4 is 6.08 Å². The van der Waals surface area contributed by atoms with Gasteiger partial charge in [-0.3, -0.25) is 0 Å². The van der Waals surface area contributed by atoms with Crippen LogP contribution in [0.2, 0.25) is 0 Å². The Labute approximate surface area is 90.5 Å². The predicted molar refractivity (Wildman–Crippen MR) is 61.0 cm³/mol. The molecule has 0 bridgehead atoms. The van der Waals surface area contributed by atoms with Gasteiger partial charge in [-0.05, 0) is 12.5 Å². The lowest BCUT2D eigenvalue weighted by Gasteiger charge is -2.07. The first-order valence-corrected chi connectivity index (χ1v) is 5.40. The summed E-state index contributed by atoms with van der Waals surface area (Å²) in [4.78, 5) is 0. The molecule has 0 N–H and O–H groups in total. The second kappa shape index (κ2) is 4.99. The molecule has 2 rings (SSSR count). The Kier molecular flexibility index (Phi) is 3.41. The lowest BCUT2D eigenvalue weighted by molar-refractivity contribution is 0.262. The second-order valence-corrected chi connectivity index (χ2v) is 3.61. The van der Waals surface area contributed by atoms with Gasteiger partial charge in [-0.2, -0.15) is 0 Å². The van der Waals surface area contributed by atoms with E-state index in [4.69, 9.17) is 9.47 Å². The third-order valence-electron chi connectivity index (χ3n) is 2.28. The summed E-state index contributed by atoms with van der Waals surface area (Å²) in [6, 6.07) is 8.08. The van der Waals surface area contributed by atoms with Crippen molar-refractivity contribution in [3.05, 3.63) is 35.9 Å². The van der Waals surface area contributed by atoms with E-state index in [9.17, 15) is 0 Å². The minimum absolute atomic E-state index is 0.313. The highest BCUT2D eigenvalue weighted by atomic mass is 16.6. The summed E-state index contributed by atoms with van der Waals surface area (Å²) >= 11 is 0. The number of para-hydroxylation sites is 1. The van der Waals surface area contributed by atoms with Gasteiger partial charge in [0.05, 0.1) is 6.61 Å². The quantitative estimate of drug-likeness (QED) is 0.688. The average Bonchev–Trinajstić information content (AvgIpc) is 3.08. The van der Waals surface area contributed by atoms with E-state index in [2.05, 4.69) is 25.1 Å². The van der Waals surface area contributed by atoms with Crippen LogP contribution in [0.25, 0.3) is 6.08 Å². The minimum Gasteiger partial charge on any atom is -0.490 e. The normalized spacial score (nSPS) is 19.4. The van der Waals surface area contributed by atoms with Gasteiger partial charge in [0.1, 0.15) is 18.5 Å². The molecule has 80 valence electrons. The van der Waals surface area contributed by atoms with Crippen LogP contribution in [0.5, 0.6) is 5.75 Å². The smallest absolute Gasteiger partial charge is 0.126 e. The van der Waals surface area contributed by atoms with E-state index < -0.39 is 0 Å². The van der Waals surface area contributed by atoms with Crippen LogP contribution >= 0.6 is 0 Å². The van der Waals surface area contributed by atoms with E-state index in [0.717, 1.165) is 24.3 Å². The van der Waals surface area contributed by atoms with Crippen molar-refractivity contribution in [3.63, 3.8) is 0 Å². The third-order valence-corrected chi connectivity index (χ3v) is 2.28. The van der Waals surface area contributed by atoms with Crippen molar-refractivity contribution in [2.75, 3.05) is 13.2 Å². The van der Waals surface area contributed by atoms with Gasteiger partial charge in [0.2, 0.25) is 0 Å². The fourth-order valence-corrected chi connectivity index (χ4v) is 1.34. The highest BCUT2D eigenvalue weighted by Gasteiger charge is 2.23. The fourth-order valence-electron chi connectivity index (χ4n) is 1.34. The second-order valence-electron chi connectivity index (χ2n) is 3.61. The molecule has 0 aromatic heterocycles. The van der Waals surface area contributed by atoms with E-state index in [-0.39, 0.29) is 0 Å². The predicted octanol–water partition coefficient (Wildman–Crippen LogP) is 2.89. The van der Waals surface area contributed by atoms with Crippen molar-refractivity contribution < 1.29 is 9.47 Å². The Balaban J connectivity index is 2.02. The third kappa shape index (κ3) is 3.10. The minimum atomic E-state index is 0.313. The fraction of sp³-hybridized carbons (Fsp3) is 0.385. The highest BCUT2D eigenvalue weighted by Crippen LogP contribution is 2.21. The van der Waals surface area contributed by atoms with E-state index in [0.29, 0.717) is 12.7 Å². The molecule has 1 heterocycles. The summed E-state index contributed by atoms with van der Waals surface area (Å²) in [6.07, 6.45) is 5.59. The van der Waals surface area contributed by atoms with Crippen molar-refractivity contribution in [1.29, 1.82) is 0 Å². The van der Waals surface area contributed by atoms with Gasteiger partial charge in [-0.15, -0.1) is 0 Å². The first-order valence-electron chi connectivity index (χ1n) is 5.40. The molecule has 1 unspecified atom stereocenters. The standard InChI is InChI=1S/C13H16O2/c1-2-3-6-11-7-4-5-8-13(11)15-10-12-9-14-12/h3-8,12H,2,9-10H2,1H3/b6-3+. The molecule has 1 saturated heterocycles. The molecule has 1 aromatic rings. The first-order chi connectivity index (χ1) is 7.40. The molecule has 0 amide bonds. The van der Waals surface area contributed by atoms with Gasteiger partial charge < -0.3 is 9.47 Å². The largest absolute Gasteiger partial charge is 0.490 e. The average molecular weight is 204 g/mol. The maximum Gasteiger partial charge on any atom is 0.126 e. The van der Waals surface area contributed by atoms with Crippen LogP contribution in [0.3, 0.4) is 0 Å². The summed E-state index contributed by atoms with van der Waals surface area (Å²) in [7, 11) is 0. The number of ether oxygens (including phenoxy) is 2. The van der Waals surface area contributed by atoms with Gasteiger partial charge in [-0.1, -0.05) is 37.3 Å². The van der Waals surface area contributed by atoms with Gasteiger partial charge in [0.15, 0.2) is 0 Å². The Morgan fingerprint density at radius 2 is 2.27 bits per heavy atom. The summed E-state index contributed by atoms with van der Waals surface area (Å²) in [6.45, 7) is 3.63. The lowest BCUT2D eigenvalue weighted by atomic mass is 10.2. The van der Waals surface area contributed by atoms with Gasteiger partial charge in [0.25, 0.3) is 0 Å². The van der Waals surface area contributed by atoms with E-state index in [1.165, 1.54) is 0 Å². The molecule has 2 nitrogen and oxygen atoms in total. The number of hydrogen-bond acceptors (Lipinski definition) is 2. The zero-order valence-corrected chi connectivity index (χ0v) is 8.98. The van der Waals surface area contributed by atoms with Crippen molar-refractivity contribution in [3.8, 4) is 5.75 Å². The van der Waals surface area contributed by atoms with Crippen LogP contribution in [0.4, 0.5) is 0 Å². The molecule has 0 radical (unpaired) electrons. The molecule has 15 heavy (non-hydrogen) atoms. The van der Waals surface area contributed by atoms with Gasteiger partial charge in [-0.25, -0.2) is 0 Å². The molecule has 2 heteroatoms. The maximum atomic E-state index is 5.68. The molecule has 1 fully saturated rings. The molecular weight excluding hydrogens is 188 g/mol. The first kappa shape index (κ1) is 10.2. The van der Waals surface area contributed by atoms with Crippen LogP contribution in [-0.4, -0.2) is 19.3 Å². The molecule has 1 aromatic carbocycles. The van der Waals surface area contributed by atoms with Crippen LogP contribution in [0, 0.1) is 0 Å².